The maximum absolute atomic E-state index is 14.3. The van der Waals surface area contributed by atoms with Crippen LogP contribution in [0.3, 0.4) is 0 Å². The number of carbonyl (C=O) groups excluding carboxylic acids is 1. The lowest BCUT2D eigenvalue weighted by atomic mass is 9.93. The standard InChI is InChI=1S/C38H33FN2O7S/c1-5-47-37(43)33-34(24-11-7-6-8-12-24)40-38-41(35(33)25-16-18-28(44-2)31(21-25)46-4)36(42)32(49-38)20-23-15-17-29(30(19-23)45-3)48-22-26-13-9-10-14-27(26)39/h6-21,35H,5,22H2,1-4H3/b32-20-/t35-/m1/s1. The lowest BCUT2D eigenvalue weighted by molar-refractivity contribution is -0.138. The van der Waals surface area contributed by atoms with Crippen molar-refractivity contribution < 1.29 is 32.9 Å². The molecule has 1 aromatic heterocycles. The predicted octanol–water partition coefficient (Wildman–Crippen LogP) is 5.68. The van der Waals surface area contributed by atoms with E-state index in [1.165, 1.54) is 43.3 Å². The van der Waals surface area contributed by atoms with E-state index in [0.29, 0.717) is 60.3 Å². The molecule has 1 atom stereocenters. The van der Waals surface area contributed by atoms with Gasteiger partial charge < -0.3 is 23.7 Å². The van der Waals surface area contributed by atoms with Crippen molar-refractivity contribution in [3.05, 3.63) is 144 Å². The van der Waals surface area contributed by atoms with Crippen molar-refractivity contribution in [1.82, 2.24) is 4.57 Å². The summed E-state index contributed by atoms with van der Waals surface area (Å²) in [6, 6.07) is 25.3. The van der Waals surface area contributed by atoms with Crippen molar-refractivity contribution >= 4 is 29.1 Å². The summed E-state index contributed by atoms with van der Waals surface area (Å²) in [7, 11) is 4.57. The SMILES string of the molecule is CCOC(=O)C1=C(c2ccccc2)N=c2s/c(=C\c3ccc(OCc4ccccc4F)c(OC)c3)c(=O)n2[C@@H]1c1ccc(OC)c(OC)c1. The van der Waals surface area contributed by atoms with Gasteiger partial charge in [-0.05, 0) is 54.5 Å². The number of hydrogen-bond donors (Lipinski definition) is 0. The third-order valence-corrected chi connectivity index (χ3v) is 8.91. The van der Waals surface area contributed by atoms with Crippen LogP contribution in [0.5, 0.6) is 23.0 Å². The lowest BCUT2D eigenvalue weighted by Gasteiger charge is -2.26. The largest absolute Gasteiger partial charge is 0.493 e. The maximum atomic E-state index is 14.3. The number of rotatable bonds is 11. The lowest BCUT2D eigenvalue weighted by Crippen LogP contribution is -2.40. The first-order valence-corrected chi connectivity index (χ1v) is 16.2. The Morgan fingerprint density at radius 1 is 0.878 bits per heavy atom. The zero-order valence-corrected chi connectivity index (χ0v) is 28.1. The Balaban J connectivity index is 1.50. The molecule has 0 saturated carbocycles. The molecule has 6 rings (SSSR count). The van der Waals surface area contributed by atoms with Crippen molar-refractivity contribution in [2.24, 2.45) is 4.99 Å². The van der Waals surface area contributed by atoms with Crippen LogP contribution in [-0.4, -0.2) is 38.5 Å². The molecular weight excluding hydrogens is 647 g/mol. The molecule has 0 bridgehead atoms. The second kappa shape index (κ2) is 14.6. The average molecular weight is 681 g/mol. The number of fused-ring (bicyclic) bond motifs is 1. The third kappa shape index (κ3) is 6.70. The van der Waals surface area contributed by atoms with Crippen LogP contribution in [0.25, 0.3) is 11.8 Å². The van der Waals surface area contributed by atoms with E-state index >= 15 is 0 Å². The Morgan fingerprint density at radius 3 is 2.29 bits per heavy atom. The highest BCUT2D eigenvalue weighted by Crippen LogP contribution is 2.38. The van der Waals surface area contributed by atoms with Gasteiger partial charge in [-0.1, -0.05) is 72.0 Å². The van der Waals surface area contributed by atoms with Gasteiger partial charge in [0.25, 0.3) is 5.56 Å². The number of halogens is 1. The van der Waals surface area contributed by atoms with Crippen LogP contribution in [0, 0.1) is 5.82 Å². The number of methoxy groups -OCH3 is 3. The summed E-state index contributed by atoms with van der Waals surface area (Å²) >= 11 is 1.20. The molecule has 49 heavy (non-hydrogen) atoms. The minimum atomic E-state index is -0.892. The summed E-state index contributed by atoms with van der Waals surface area (Å²) in [4.78, 5) is 33.4. The van der Waals surface area contributed by atoms with E-state index < -0.39 is 12.0 Å². The normalized spacial score (nSPS) is 14.1. The zero-order valence-electron chi connectivity index (χ0n) is 27.3. The fourth-order valence-corrected chi connectivity index (χ4v) is 6.60. The van der Waals surface area contributed by atoms with E-state index in [9.17, 15) is 14.0 Å². The molecule has 0 fully saturated rings. The Bertz CT molecular complexity index is 2230. The molecule has 0 N–H and O–H groups in total. The van der Waals surface area contributed by atoms with Crippen LogP contribution in [0.1, 0.15) is 35.2 Å². The van der Waals surface area contributed by atoms with E-state index in [4.69, 9.17) is 28.7 Å². The van der Waals surface area contributed by atoms with Crippen LogP contribution < -0.4 is 33.8 Å². The summed E-state index contributed by atoms with van der Waals surface area (Å²) in [5.74, 6) is 0.824. The molecule has 4 aromatic carbocycles. The van der Waals surface area contributed by atoms with E-state index in [2.05, 4.69) is 0 Å². The number of thiazole rings is 1. The predicted molar refractivity (Wildman–Crippen MR) is 184 cm³/mol. The molecule has 9 nitrogen and oxygen atoms in total. The first kappa shape index (κ1) is 33.2. The van der Waals surface area contributed by atoms with Gasteiger partial charge in [0, 0.05) is 11.1 Å². The number of carbonyl (C=O) groups is 1. The average Bonchev–Trinajstić information content (AvgIpc) is 3.44. The van der Waals surface area contributed by atoms with E-state index in [1.807, 2.05) is 30.3 Å². The number of esters is 1. The summed E-state index contributed by atoms with van der Waals surface area (Å²) < 4.78 is 44.1. The summed E-state index contributed by atoms with van der Waals surface area (Å²) in [5.41, 5.74) is 2.66. The number of aromatic nitrogens is 1. The van der Waals surface area contributed by atoms with Crippen molar-refractivity contribution in [2.45, 2.75) is 19.6 Å². The van der Waals surface area contributed by atoms with Gasteiger partial charge >= 0.3 is 5.97 Å². The van der Waals surface area contributed by atoms with Crippen LogP contribution in [0.15, 0.2) is 106 Å². The van der Waals surface area contributed by atoms with E-state index in [0.717, 1.165) is 0 Å². The van der Waals surface area contributed by atoms with Gasteiger partial charge in [-0.15, -0.1) is 0 Å². The highest BCUT2D eigenvalue weighted by atomic mass is 32.1. The molecule has 0 unspecified atom stereocenters. The number of benzene rings is 4. The van der Waals surface area contributed by atoms with Gasteiger partial charge in [-0.2, -0.15) is 0 Å². The Morgan fingerprint density at radius 2 is 1.57 bits per heavy atom. The fourth-order valence-electron chi connectivity index (χ4n) is 5.59. The topological polar surface area (TPSA) is 97.6 Å². The Labute approximate surface area is 285 Å². The highest BCUT2D eigenvalue weighted by molar-refractivity contribution is 7.07. The second-order valence-corrected chi connectivity index (χ2v) is 11.8. The molecule has 11 heteroatoms. The number of hydrogen-bond acceptors (Lipinski definition) is 9. The van der Waals surface area contributed by atoms with Crippen molar-refractivity contribution in [3.8, 4) is 23.0 Å². The number of ether oxygens (including phenoxy) is 5. The van der Waals surface area contributed by atoms with Crippen LogP contribution in [0.4, 0.5) is 4.39 Å². The first-order chi connectivity index (χ1) is 23.9. The molecule has 5 aromatic rings. The Hall–Kier alpha value is -5.68. The summed E-state index contributed by atoms with van der Waals surface area (Å²) in [6.07, 6.45) is 1.73. The van der Waals surface area contributed by atoms with E-state index in [-0.39, 0.29) is 30.2 Å². The summed E-state index contributed by atoms with van der Waals surface area (Å²) in [5, 5.41) is 0. The van der Waals surface area contributed by atoms with Crippen LogP contribution in [-0.2, 0) is 16.1 Å². The third-order valence-electron chi connectivity index (χ3n) is 7.92. The number of nitrogens with zero attached hydrogens (tertiary/aromatic N) is 2. The van der Waals surface area contributed by atoms with Gasteiger partial charge in [0.1, 0.15) is 12.4 Å². The second-order valence-electron chi connectivity index (χ2n) is 10.8. The molecule has 250 valence electrons. The van der Waals surface area contributed by atoms with Crippen molar-refractivity contribution in [3.63, 3.8) is 0 Å². The van der Waals surface area contributed by atoms with Gasteiger partial charge in [-0.25, -0.2) is 14.2 Å². The minimum absolute atomic E-state index is 0.0175. The van der Waals surface area contributed by atoms with Crippen molar-refractivity contribution in [2.75, 3.05) is 27.9 Å². The monoisotopic (exact) mass is 680 g/mol. The highest BCUT2D eigenvalue weighted by Gasteiger charge is 2.35. The van der Waals surface area contributed by atoms with E-state index in [1.54, 1.807) is 67.6 Å². The molecular formula is C38H33FN2O7S. The zero-order chi connectivity index (χ0) is 34.5. The summed E-state index contributed by atoms with van der Waals surface area (Å²) in [6.45, 7) is 1.88. The molecule has 0 amide bonds. The van der Waals surface area contributed by atoms with Crippen molar-refractivity contribution in [1.29, 1.82) is 0 Å². The van der Waals surface area contributed by atoms with Gasteiger partial charge in [-0.3, -0.25) is 9.36 Å². The molecule has 2 heterocycles. The van der Waals surface area contributed by atoms with Crippen LogP contribution >= 0.6 is 11.3 Å². The van der Waals surface area contributed by atoms with Crippen LogP contribution in [0.2, 0.25) is 0 Å². The quantitative estimate of drug-likeness (QED) is 0.166. The molecule has 0 radical (unpaired) electrons. The molecule has 0 spiro atoms. The molecule has 0 aliphatic carbocycles. The van der Waals surface area contributed by atoms with Gasteiger partial charge in [0.05, 0.1) is 49.8 Å². The molecule has 1 aliphatic rings. The molecule has 0 saturated heterocycles. The fraction of sp³-hybridized carbons (Fsp3) is 0.184. The minimum Gasteiger partial charge on any atom is -0.493 e. The maximum Gasteiger partial charge on any atom is 0.338 e. The smallest absolute Gasteiger partial charge is 0.338 e. The Kier molecular flexibility index (Phi) is 9.91. The first-order valence-electron chi connectivity index (χ1n) is 15.4. The van der Waals surface area contributed by atoms with Gasteiger partial charge in [0.2, 0.25) is 0 Å². The van der Waals surface area contributed by atoms with Gasteiger partial charge in [0.15, 0.2) is 27.8 Å². The molecule has 1 aliphatic heterocycles.